The van der Waals surface area contributed by atoms with Gasteiger partial charge in [-0.1, -0.05) is 45.1 Å². The summed E-state index contributed by atoms with van der Waals surface area (Å²) in [5, 5.41) is 14.0. The van der Waals surface area contributed by atoms with Crippen molar-refractivity contribution in [3.8, 4) is 0 Å². The molecule has 0 aromatic heterocycles. The van der Waals surface area contributed by atoms with E-state index in [2.05, 4.69) is 15.1 Å². The summed E-state index contributed by atoms with van der Waals surface area (Å²) in [7, 11) is 1.43. The third-order valence-electron chi connectivity index (χ3n) is 0.480. The number of oxime groups is 2. The lowest BCUT2D eigenvalue weighted by Crippen LogP contribution is -1.91. The van der Waals surface area contributed by atoms with E-state index in [0.717, 1.165) is 0 Å². The smallest absolute Gasteiger partial charge is 0.180 e. The van der Waals surface area contributed by atoms with Gasteiger partial charge in [0, 0.05) is 0 Å². The molecule has 12 heavy (non-hydrogen) atoms. The van der Waals surface area contributed by atoms with E-state index in [1.165, 1.54) is 13.3 Å². The Morgan fingerprint density at radius 1 is 1.50 bits per heavy atom. The highest BCUT2D eigenvalue weighted by Gasteiger charge is 1.80. The van der Waals surface area contributed by atoms with Crippen LogP contribution < -0.4 is 0 Å². The lowest BCUT2D eigenvalue weighted by Gasteiger charge is -1.85. The molecule has 0 aliphatic rings. The van der Waals surface area contributed by atoms with Gasteiger partial charge in [0.05, 0.1) is 11.9 Å². The van der Waals surface area contributed by atoms with E-state index in [0.29, 0.717) is 5.71 Å². The van der Waals surface area contributed by atoms with Crippen LogP contribution in [0.1, 0.15) is 6.92 Å². The van der Waals surface area contributed by atoms with Gasteiger partial charge in [0.25, 0.3) is 0 Å². The van der Waals surface area contributed by atoms with Crippen LogP contribution in [0.2, 0.25) is 0 Å². The number of hydrogen-bond donors (Lipinski definition) is 1. The molecule has 4 nitrogen and oxygen atoms in total. The molecule has 0 aliphatic carbocycles. The van der Waals surface area contributed by atoms with Crippen molar-refractivity contribution in [3.63, 3.8) is 0 Å². The maximum Gasteiger partial charge on any atom is 0.180 e. The Labute approximate surface area is 85.7 Å². The lowest BCUT2D eigenvalue weighted by atomic mass is 10.5. The minimum Gasteiger partial charge on any atom is -0.411 e. The molecule has 0 atom stereocenters. The van der Waals surface area contributed by atoms with E-state index in [9.17, 15) is 0 Å². The zero-order valence-electron chi connectivity index (χ0n) is 6.54. The average molecular weight is 235 g/mol. The second-order valence-electron chi connectivity index (χ2n) is 1.41. The molecule has 7 heteroatoms. The van der Waals surface area contributed by atoms with Crippen molar-refractivity contribution >= 4 is 46.7 Å². The monoisotopic (exact) mass is 234 g/mol. The van der Waals surface area contributed by atoms with E-state index < -0.39 is 4.30 Å². The molecule has 0 aromatic rings. The summed E-state index contributed by atoms with van der Waals surface area (Å²) in [6, 6.07) is 0. The van der Waals surface area contributed by atoms with Crippen molar-refractivity contribution in [1.82, 2.24) is 0 Å². The number of hydrogen-bond acceptors (Lipinski definition) is 4. The Morgan fingerprint density at radius 2 is 1.92 bits per heavy atom. The van der Waals surface area contributed by atoms with Crippen LogP contribution in [0.25, 0.3) is 0 Å². The van der Waals surface area contributed by atoms with Crippen molar-refractivity contribution in [2.45, 2.75) is 11.2 Å². The summed E-state index contributed by atoms with van der Waals surface area (Å²) >= 11 is 14.4. The molecular formula is C5H9Cl3N2O2. The number of alkyl halides is 3. The van der Waals surface area contributed by atoms with Crippen LogP contribution in [0, 0.1) is 0 Å². The largest absolute Gasteiger partial charge is 0.411 e. The van der Waals surface area contributed by atoms with E-state index in [1.54, 1.807) is 6.92 Å². The normalized spacial score (nSPS) is 11.3. The summed E-state index contributed by atoms with van der Waals surface area (Å²) in [4.78, 5) is 4.34. The zero-order chi connectivity index (χ0) is 9.98. The molecule has 0 bridgehead atoms. The summed E-state index contributed by atoms with van der Waals surface area (Å²) < 4.78 is -0.750. The van der Waals surface area contributed by atoms with Gasteiger partial charge >= 0.3 is 0 Å². The van der Waals surface area contributed by atoms with Crippen molar-refractivity contribution < 1.29 is 10.0 Å². The first-order valence-electron chi connectivity index (χ1n) is 2.72. The highest BCUT2D eigenvalue weighted by Crippen LogP contribution is 2.03. The zero-order valence-corrected chi connectivity index (χ0v) is 8.81. The maximum absolute atomic E-state index is 7.90. The van der Waals surface area contributed by atoms with E-state index in [1.807, 2.05) is 0 Å². The molecule has 0 unspecified atom stereocenters. The Balaban J connectivity index is 0. The average Bonchev–Trinajstić information content (AvgIpc) is 1.87. The van der Waals surface area contributed by atoms with Crippen molar-refractivity contribution in [2.75, 3.05) is 7.11 Å². The molecular weight excluding hydrogens is 226 g/mol. The molecule has 0 saturated carbocycles. The highest BCUT2D eigenvalue weighted by atomic mass is 35.6. The topological polar surface area (TPSA) is 54.2 Å². The quantitative estimate of drug-likeness (QED) is 0.346. The first kappa shape index (κ1) is 14.3. The van der Waals surface area contributed by atoms with Gasteiger partial charge in [0.15, 0.2) is 4.30 Å². The minimum atomic E-state index is -0.750. The third-order valence-corrected chi connectivity index (χ3v) is 0.480. The SMILES string of the molecule is CON=C(C)C=NO.ClC(Cl)Cl. The number of halogens is 3. The summed E-state index contributed by atoms with van der Waals surface area (Å²) in [5.74, 6) is 0. The molecule has 0 rings (SSSR count). The van der Waals surface area contributed by atoms with Crippen molar-refractivity contribution in [3.05, 3.63) is 0 Å². The summed E-state index contributed by atoms with van der Waals surface area (Å²) in [5.41, 5.74) is 0.523. The fourth-order valence-electron chi connectivity index (χ4n) is 0.251. The molecule has 0 amide bonds. The Kier molecular flexibility index (Phi) is 12.9. The maximum atomic E-state index is 7.90. The molecule has 0 saturated heterocycles. The number of nitrogens with zero attached hydrogens (tertiary/aromatic N) is 2. The van der Waals surface area contributed by atoms with Gasteiger partial charge in [-0.25, -0.2) is 0 Å². The fourth-order valence-corrected chi connectivity index (χ4v) is 0.251. The van der Waals surface area contributed by atoms with Gasteiger partial charge in [-0.05, 0) is 6.92 Å². The van der Waals surface area contributed by atoms with Gasteiger partial charge in [-0.2, -0.15) is 0 Å². The van der Waals surface area contributed by atoms with E-state index >= 15 is 0 Å². The molecule has 0 radical (unpaired) electrons. The van der Waals surface area contributed by atoms with Crippen LogP contribution in [0.4, 0.5) is 0 Å². The van der Waals surface area contributed by atoms with Crippen molar-refractivity contribution in [2.24, 2.45) is 10.3 Å². The second kappa shape index (κ2) is 10.8. The Morgan fingerprint density at radius 3 is 2.17 bits per heavy atom. The van der Waals surface area contributed by atoms with Gasteiger partial charge in [0.1, 0.15) is 7.11 Å². The first-order chi connectivity index (χ1) is 5.54. The van der Waals surface area contributed by atoms with Gasteiger partial charge in [-0.3, -0.25) is 0 Å². The van der Waals surface area contributed by atoms with Crippen LogP contribution in [0.5, 0.6) is 0 Å². The van der Waals surface area contributed by atoms with Gasteiger partial charge in [-0.15, -0.1) is 0 Å². The predicted molar refractivity (Wildman–Crippen MR) is 51.7 cm³/mol. The van der Waals surface area contributed by atoms with Crippen LogP contribution in [0.15, 0.2) is 10.3 Å². The fraction of sp³-hybridized carbons (Fsp3) is 0.600. The van der Waals surface area contributed by atoms with Gasteiger partial charge < -0.3 is 10.0 Å². The van der Waals surface area contributed by atoms with Crippen molar-refractivity contribution in [1.29, 1.82) is 0 Å². The van der Waals surface area contributed by atoms with Crippen LogP contribution in [-0.2, 0) is 4.84 Å². The highest BCUT2D eigenvalue weighted by molar-refractivity contribution is 6.63. The standard InChI is InChI=1S/C4H8N2O2.CHCl3/c1-4(3-5-7)6-8-2;2-1(3)4/h3,7H,1-2H3;1H. The molecule has 0 spiro atoms. The molecule has 0 fully saturated rings. The molecule has 0 heterocycles. The minimum absolute atomic E-state index is 0.523. The van der Waals surface area contributed by atoms with Crippen LogP contribution in [-0.4, -0.2) is 28.5 Å². The molecule has 0 aliphatic heterocycles. The summed E-state index contributed by atoms with van der Waals surface area (Å²) in [6.45, 7) is 1.66. The molecule has 72 valence electrons. The lowest BCUT2D eigenvalue weighted by molar-refractivity contribution is 0.214. The van der Waals surface area contributed by atoms with E-state index in [-0.39, 0.29) is 0 Å². The predicted octanol–water partition coefficient (Wildman–Crippen LogP) is 2.46. The second-order valence-corrected chi connectivity index (χ2v) is 3.39. The van der Waals surface area contributed by atoms with Crippen LogP contribution in [0.3, 0.4) is 0 Å². The third kappa shape index (κ3) is 22.6. The van der Waals surface area contributed by atoms with E-state index in [4.69, 9.17) is 40.0 Å². The molecule has 1 N–H and O–H groups in total. The Hall–Kier alpha value is -0.190. The Bertz CT molecular complexity index is 147. The first-order valence-corrected chi connectivity index (χ1v) is 4.03. The van der Waals surface area contributed by atoms with Crippen LogP contribution >= 0.6 is 34.8 Å². The summed E-state index contributed by atoms with van der Waals surface area (Å²) in [6.07, 6.45) is 1.18. The molecule has 0 aromatic carbocycles. The number of rotatable bonds is 2. The van der Waals surface area contributed by atoms with Gasteiger partial charge in [0.2, 0.25) is 0 Å².